The molecule has 0 aliphatic rings. The first-order valence-corrected chi connectivity index (χ1v) is 9.27. The molecular formula is C20H22N4O4S. The van der Waals surface area contributed by atoms with Crippen molar-refractivity contribution < 1.29 is 18.9 Å². The summed E-state index contributed by atoms with van der Waals surface area (Å²) in [5, 5.41) is 11.6. The van der Waals surface area contributed by atoms with E-state index in [0.717, 1.165) is 11.1 Å². The van der Waals surface area contributed by atoms with E-state index in [1.54, 1.807) is 39.7 Å². The van der Waals surface area contributed by atoms with E-state index in [0.29, 0.717) is 40.2 Å². The van der Waals surface area contributed by atoms with E-state index in [4.69, 9.17) is 31.2 Å². The summed E-state index contributed by atoms with van der Waals surface area (Å²) in [4.78, 5) is 0. The van der Waals surface area contributed by atoms with E-state index in [1.807, 2.05) is 31.2 Å². The minimum Gasteiger partial charge on any atom is -0.493 e. The molecule has 0 radical (unpaired) electrons. The van der Waals surface area contributed by atoms with Gasteiger partial charge in [0.2, 0.25) is 10.5 Å². The van der Waals surface area contributed by atoms with Gasteiger partial charge in [-0.1, -0.05) is 12.1 Å². The zero-order valence-corrected chi connectivity index (χ0v) is 17.4. The van der Waals surface area contributed by atoms with E-state index in [1.165, 1.54) is 4.68 Å². The molecule has 152 valence electrons. The summed E-state index contributed by atoms with van der Waals surface area (Å²) in [6.45, 7) is 2.47. The van der Waals surface area contributed by atoms with E-state index in [9.17, 15) is 0 Å². The summed E-state index contributed by atoms with van der Waals surface area (Å²) in [5.41, 5.74) is 1.52. The standard InChI is InChI=1S/C20H22N4O4S/c1-5-28-15-9-7-6-8-14(15)19-22-23-20(29)24(19)21-12-13-10-16(25-2)18(27-4)17(11-13)26-3/h6-12H,5H2,1-4H3,(H,23,29)/b21-12-. The highest BCUT2D eigenvalue weighted by Crippen LogP contribution is 2.37. The van der Waals surface area contributed by atoms with Crippen LogP contribution in [-0.2, 0) is 0 Å². The molecule has 29 heavy (non-hydrogen) atoms. The smallest absolute Gasteiger partial charge is 0.216 e. The van der Waals surface area contributed by atoms with Crippen LogP contribution < -0.4 is 18.9 Å². The highest BCUT2D eigenvalue weighted by molar-refractivity contribution is 7.71. The van der Waals surface area contributed by atoms with Crippen molar-refractivity contribution in [3.8, 4) is 34.4 Å². The molecule has 0 bridgehead atoms. The lowest BCUT2D eigenvalue weighted by molar-refractivity contribution is 0.324. The van der Waals surface area contributed by atoms with Gasteiger partial charge in [-0.2, -0.15) is 14.9 Å². The molecule has 8 nitrogen and oxygen atoms in total. The number of nitrogens with one attached hydrogen (secondary N) is 1. The van der Waals surface area contributed by atoms with E-state index < -0.39 is 0 Å². The van der Waals surface area contributed by atoms with Gasteiger partial charge < -0.3 is 18.9 Å². The van der Waals surface area contributed by atoms with Crippen LogP contribution in [0.1, 0.15) is 12.5 Å². The van der Waals surface area contributed by atoms with Crippen molar-refractivity contribution in [3.05, 3.63) is 46.7 Å². The maximum Gasteiger partial charge on any atom is 0.216 e. The van der Waals surface area contributed by atoms with Gasteiger partial charge in [-0.3, -0.25) is 0 Å². The van der Waals surface area contributed by atoms with Gasteiger partial charge in [0.05, 0.1) is 39.7 Å². The Hall–Kier alpha value is -3.33. The number of para-hydroxylation sites is 1. The maximum atomic E-state index is 5.70. The fraction of sp³-hybridized carbons (Fsp3) is 0.250. The van der Waals surface area contributed by atoms with Gasteiger partial charge in [-0.05, 0) is 43.4 Å². The van der Waals surface area contributed by atoms with Crippen LogP contribution >= 0.6 is 12.2 Å². The number of benzene rings is 2. The summed E-state index contributed by atoms with van der Waals surface area (Å²) in [6, 6.07) is 11.2. The van der Waals surface area contributed by atoms with Crippen LogP contribution in [0.25, 0.3) is 11.4 Å². The molecule has 9 heteroatoms. The lowest BCUT2D eigenvalue weighted by Crippen LogP contribution is -2.00. The number of hydrogen-bond donors (Lipinski definition) is 1. The number of ether oxygens (including phenoxy) is 4. The largest absolute Gasteiger partial charge is 0.493 e. The van der Waals surface area contributed by atoms with Gasteiger partial charge in [0, 0.05) is 5.56 Å². The van der Waals surface area contributed by atoms with Gasteiger partial charge >= 0.3 is 0 Å². The first-order chi connectivity index (χ1) is 14.1. The maximum absolute atomic E-state index is 5.70. The second kappa shape index (κ2) is 9.24. The van der Waals surface area contributed by atoms with Crippen molar-refractivity contribution in [3.63, 3.8) is 0 Å². The van der Waals surface area contributed by atoms with Gasteiger partial charge in [-0.25, -0.2) is 5.10 Å². The SMILES string of the molecule is CCOc1ccccc1-c1n[nH]c(=S)n1/N=C\c1cc(OC)c(OC)c(OC)c1. The van der Waals surface area contributed by atoms with Crippen molar-refractivity contribution >= 4 is 18.4 Å². The molecule has 3 rings (SSSR count). The molecule has 3 aromatic rings. The summed E-state index contributed by atoms with van der Waals surface area (Å²) in [5.74, 6) is 2.83. The lowest BCUT2D eigenvalue weighted by atomic mass is 10.2. The molecule has 0 aliphatic heterocycles. The highest BCUT2D eigenvalue weighted by atomic mass is 32.1. The van der Waals surface area contributed by atoms with Crippen LogP contribution in [0.3, 0.4) is 0 Å². The average Bonchev–Trinajstić information content (AvgIpc) is 3.12. The van der Waals surface area contributed by atoms with E-state index in [-0.39, 0.29) is 0 Å². The molecular weight excluding hydrogens is 392 g/mol. The Bertz CT molecular complexity index is 1050. The molecule has 1 heterocycles. The number of hydrogen-bond acceptors (Lipinski definition) is 7. The van der Waals surface area contributed by atoms with Crippen LogP contribution in [0.5, 0.6) is 23.0 Å². The Morgan fingerprint density at radius 1 is 1.07 bits per heavy atom. The van der Waals surface area contributed by atoms with Crippen molar-refractivity contribution in [1.82, 2.24) is 14.9 Å². The Balaban J connectivity index is 2.04. The van der Waals surface area contributed by atoms with Crippen molar-refractivity contribution in [2.24, 2.45) is 5.10 Å². The summed E-state index contributed by atoms with van der Waals surface area (Å²) < 4.78 is 23.7. The third-order valence-electron chi connectivity index (χ3n) is 4.09. The fourth-order valence-corrected chi connectivity index (χ4v) is 2.99. The Morgan fingerprint density at radius 2 is 1.76 bits per heavy atom. The van der Waals surface area contributed by atoms with E-state index >= 15 is 0 Å². The normalized spacial score (nSPS) is 10.9. The highest BCUT2D eigenvalue weighted by Gasteiger charge is 2.15. The third kappa shape index (κ3) is 4.24. The van der Waals surface area contributed by atoms with Crippen LogP contribution in [0.15, 0.2) is 41.5 Å². The first-order valence-electron chi connectivity index (χ1n) is 8.86. The predicted molar refractivity (Wildman–Crippen MR) is 113 cm³/mol. The quantitative estimate of drug-likeness (QED) is 0.444. The Kier molecular flexibility index (Phi) is 6.50. The molecule has 0 unspecified atom stereocenters. The number of methoxy groups -OCH3 is 3. The third-order valence-corrected chi connectivity index (χ3v) is 4.35. The number of rotatable bonds is 8. The van der Waals surface area contributed by atoms with E-state index in [2.05, 4.69) is 15.3 Å². The van der Waals surface area contributed by atoms with Crippen molar-refractivity contribution in [2.75, 3.05) is 27.9 Å². The second-order valence-corrected chi connectivity index (χ2v) is 6.18. The van der Waals surface area contributed by atoms with Crippen LogP contribution in [-0.4, -0.2) is 49.0 Å². The second-order valence-electron chi connectivity index (χ2n) is 5.80. The van der Waals surface area contributed by atoms with Gasteiger partial charge in [0.15, 0.2) is 17.3 Å². The molecule has 0 atom stereocenters. The summed E-state index contributed by atoms with van der Waals surface area (Å²) >= 11 is 5.35. The minimum absolute atomic E-state index is 0.356. The first kappa shape index (κ1) is 20.4. The van der Waals surface area contributed by atoms with Crippen molar-refractivity contribution in [1.29, 1.82) is 0 Å². The average molecular weight is 414 g/mol. The molecule has 0 aliphatic carbocycles. The minimum atomic E-state index is 0.356. The molecule has 0 spiro atoms. The molecule has 1 N–H and O–H groups in total. The summed E-state index contributed by atoms with van der Waals surface area (Å²) in [6.07, 6.45) is 1.64. The Morgan fingerprint density at radius 3 is 2.38 bits per heavy atom. The lowest BCUT2D eigenvalue weighted by Gasteiger charge is -2.12. The van der Waals surface area contributed by atoms with Gasteiger partial charge in [-0.15, -0.1) is 0 Å². The fourth-order valence-electron chi connectivity index (χ4n) is 2.81. The number of aromatic amines is 1. The van der Waals surface area contributed by atoms with Crippen LogP contribution in [0.2, 0.25) is 0 Å². The molecule has 0 fully saturated rings. The Labute approximate surface area is 173 Å². The monoisotopic (exact) mass is 414 g/mol. The molecule has 0 amide bonds. The zero-order chi connectivity index (χ0) is 20.8. The molecule has 0 saturated carbocycles. The molecule has 0 saturated heterocycles. The number of H-pyrrole nitrogens is 1. The van der Waals surface area contributed by atoms with Gasteiger partial charge in [0.1, 0.15) is 5.75 Å². The number of aromatic nitrogens is 3. The topological polar surface area (TPSA) is 82.9 Å². The van der Waals surface area contributed by atoms with Crippen LogP contribution in [0.4, 0.5) is 0 Å². The molecule has 2 aromatic carbocycles. The number of nitrogens with zero attached hydrogens (tertiary/aromatic N) is 3. The molecule has 1 aromatic heterocycles. The zero-order valence-electron chi connectivity index (χ0n) is 16.6. The predicted octanol–water partition coefficient (Wildman–Crippen LogP) is 3.91. The van der Waals surface area contributed by atoms with Crippen LogP contribution in [0, 0.1) is 4.77 Å². The summed E-state index contributed by atoms with van der Waals surface area (Å²) in [7, 11) is 4.68. The van der Waals surface area contributed by atoms with Crippen molar-refractivity contribution in [2.45, 2.75) is 6.92 Å². The van der Waals surface area contributed by atoms with Gasteiger partial charge in [0.25, 0.3) is 0 Å².